The first-order valence-electron chi connectivity index (χ1n) is 9.97. The van der Waals surface area contributed by atoms with Gasteiger partial charge in [-0.05, 0) is 64.2 Å². The zero-order valence-electron chi connectivity index (χ0n) is 16.1. The Morgan fingerprint density at radius 3 is 2.00 bits per heavy atom. The summed E-state index contributed by atoms with van der Waals surface area (Å²) in [5, 5.41) is 34.7. The highest BCUT2D eigenvalue weighted by Gasteiger charge is 2.31. The average molecular weight is 417 g/mol. The Kier molecular flexibility index (Phi) is 4.95. The standard InChI is InChI=1S/C18H21F2N9O/c19-14-6-1-11(7-15(14)20)16(30)8-27(9-17-21-23-25-28(17)12-2-3-12)10-18-22-24-26-29(18)13-4-5-13/h1,6-7,12-13,16,30H,2-5,8-10H2/t16-/m0/s1. The lowest BCUT2D eigenvalue weighted by molar-refractivity contribution is 0.0992. The van der Waals surface area contributed by atoms with E-state index in [4.69, 9.17) is 0 Å². The van der Waals surface area contributed by atoms with Crippen LogP contribution in [0.25, 0.3) is 0 Å². The van der Waals surface area contributed by atoms with Crippen molar-refractivity contribution >= 4 is 0 Å². The Labute approximate surface area is 170 Å². The average Bonchev–Trinajstić information content (AvgIpc) is 3.66. The molecule has 5 rings (SSSR count). The fraction of sp³-hybridized carbons (Fsp3) is 0.556. The number of hydrogen-bond acceptors (Lipinski definition) is 8. The molecule has 2 saturated carbocycles. The molecule has 2 aliphatic carbocycles. The van der Waals surface area contributed by atoms with E-state index in [2.05, 4.69) is 31.1 Å². The summed E-state index contributed by atoms with van der Waals surface area (Å²) < 4.78 is 30.5. The predicted molar refractivity (Wildman–Crippen MR) is 97.6 cm³/mol. The molecule has 2 aromatic heterocycles. The summed E-state index contributed by atoms with van der Waals surface area (Å²) in [5.74, 6) is -0.579. The molecule has 0 radical (unpaired) electrons. The second-order valence-electron chi connectivity index (χ2n) is 7.90. The van der Waals surface area contributed by atoms with Gasteiger partial charge in [0.25, 0.3) is 0 Å². The number of nitrogens with zero attached hydrogens (tertiary/aromatic N) is 9. The molecule has 10 nitrogen and oxygen atoms in total. The highest BCUT2D eigenvalue weighted by molar-refractivity contribution is 5.20. The molecule has 2 aliphatic rings. The van der Waals surface area contributed by atoms with Crippen molar-refractivity contribution in [1.82, 2.24) is 45.3 Å². The van der Waals surface area contributed by atoms with E-state index >= 15 is 0 Å². The molecule has 0 unspecified atom stereocenters. The van der Waals surface area contributed by atoms with E-state index in [9.17, 15) is 13.9 Å². The van der Waals surface area contributed by atoms with E-state index in [1.807, 2.05) is 4.90 Å². The van der Waals surface area contributed by atoms with Crippen LogP contribution in [0.5, 0.6) is 0 Å². The molecule has 0 amide bonds. The molecule has 0 aliphatic heterocycles. The number of aromatic nitrogens is 8. The second kappa shape index (κ2) is 7.76. The van der Waals surface area contributed by atoms with Crippen LogP contribution < -0.4 is 0 Å². The molecule has 1 aromatic carbocycles. The van der Waals surface area contributed by atoms with Gasteiger partial charge in [-0.3, -0.25) is 4.90 Å². The van der Waals surface area contributed by atoms with Crippen molar-refractivity contribution in [3.05, 3.63) is 47.0 Å². The van der Waals surface area contributed by atoms with Crippen LogP contribution in [-0.4, -0.2) is 57.0 Å². The lowest BCUT2D eigenvalue weighted by Gasteiger charge is -2.24. The van der Waals surface area contributed by atoms with Gasteiger partial charge in [-0.25, -0.2) is 18.1 Å². The molecule has 2 fully saturated rings. The smallest absolute Gasteiger partial charge is 0.165 e. The van der Waals surface area contributed by atoms with Crippen LogP contribution in [0.2, 0.25) is 0 Å². The number of tetrazole rings is 2. The first-order chi connectivity index (χ1) is 14.6. The van der Waals surface area contributed by atoms with Gasteiger partial charge in [0.15, 0.2) is 23.3 Å². The third-order valence-electron chi connectivity index (χ3n) is 5.40. The Bertz CT molecular complexity index is 978. The largest absolute Gasteiger partial charge is 0.387 e. The predicted octanol–water partition coefficient (Wildman–Crippen LogP) is 1.34. The minimum Gasteiger partial charge on any atom is -0.387 e. The monoisotopic (exact) mass is 417 g/mol. The first kappa shape index (κ1) is 19.1. The summed E-state index contributed by atoms with van der Waals surface area (Å²) in [6.07, 6.45) is 3.12. The highest BCUT2D eigenvalue weighted by atomic mass is 19.2. The van der Waals surface area contributed by atoms with Crippen molar-refractivity contribution in [1.29, 1.82) is 0 Å². The normalized spacial score (nSPS) is 17.6. The zero-order valence-corrected chi connectivity index (χ0v) is 16.1. The topological polar surface area (TPSA) is 111 Å². The molecule has 2 heterocycles. The third kappa shape index (κ3) is 4.05. The minimum absolute atomic E-state index is 0.153. The van der Waals surface area contributed by atoms with Gasteiger partial charge in [0, 0.05) is 6.54 Å². The van der Waals surface area contributed by atoms with E-state index in [1.54, 1.807) is 9.36 Å². The highest BCUT2D eigenvalue weighted by Crippen LogP contribution is 2.36. The lowest BCUT2D eigenvalue weighted by atomic mass is 10.1. The Morgan fingerprint density at radius 1 is 0.933 bits per heavy atom. The Hall–Kier alpha value is -2.86. The van der Waals surface area contributed by atoms with Crippen LogP contribution >= 0.6 is 0 Å². The molecular formula is C18H21F2N9O. The molecule has 30 heavy (non-hydrogen) atoms. The van der Waals surface area contributed by atoms with E-state index in [1.165, 1.54) is 6.07 Å². The maximum atomic E-state index is 13.6. The molecule has 1 N–H and O–H groups in total. The zero-order chi connectivity index (χ0) is 20.7. The van der Waals surface area contributed by atoms with Crippen molar-refractivity contribution in [2.24, 2.45) is 0 Å². The number of rotatable bonds is 9. The van der Waals surface area contributed by atoms with Crippen LogP contribution in [-0.2, 0) is 13.1 Å². The Morgan fingerprint density at radius 2 is 1.50 bits per heavy atom. The van der Waals surface area contributed by atoms with E-state index in [0.717, 1.165) is 37.8 Å². The Balaban J connectivity index is 1.37. The maximum absolute atomic E-state index is 13.6. The summed E-state index contributed by atoms with van der Waals surface area (Å²) in [5.41, 5.74) is 0.294. The van der Waals surface area contributed by atoms with Crippen LogP contribution in [0.3, 0.4) is 0 Å². The van der Waals surface area contributed by atoms with Gasteiger partial charge in [0.05, 0.1) is 31.3 Å². The molecule has 158 valence electrons. The van der Waals surface area contributed by atoms with Gasteiger partial charge in [0.1, 0.15) is 0 Å². The minimum atomic E-state index is -1.03. The fourth-order valence-corrected chi connectivity index (χ4v) is 3.49. The molecule has 0 bridgehead atoms. The third-order valence-corrected chi connectivity index (χ3v) is 5.40. The summed E-state index contributed by atoms with van der Waals surface area (Å²) in [6.45, 7) is 0.879. The first-order valence-corrected chi connectivity index (χ1v) is 9.97. The molecule has 0 saturated heterocycles. The number of benzene rings is 1. The van der Waals surface area contributed by atoms with Crippen molar-refractivity contribution in [2.75, 3.05) is 6.54 Å². The summed E-state index contributed by atoms with van der Waals surface area (Å²) >= 11 is 0. The summed E-state index contributed by atoms with van der Waals surface area (Å²) in [7, 11) is 0. The van der Waals surface area contributed by atoms with Gasteiger partial charge in [-0.15, -0.1) is 10.2 Å². The van der Waals surface area contributed by atoms with Crippen LogP contribution in [0.15, 0.2) is 18.2 Å². The molecule has 3 aromatic rings. The van der Waals surface area contributed by atoms with Crippen molar-refractivity contribution in [3.63, 3.8) is 0 Å². The maximum Gasteiger partial charge on any atom is 0.165 e. The fourth-order valence-electron chi connectivity index (χ4n) is 3.49. The number of aliphatic hydroxyl groups is 1. The van der Waals surface area contributed by atoms with E-state index in [-0.39, 0.29) is 6.54 Å². The van der Waals surface area contributed by atoms with Crippen LogP contribution in [0, 0.1) is 11.6 Å². The number of halogens is 2. The van der Waals surface area contributed by atoms with E-state index < -0.39 is 17.7 Å². The lowest BCUT2D eigenvalue weighted by Crippen LogP contribution is -2.31. The van der Waals surface area contributed by atoms with E-state index in [0.29, 0.717) is 42.4 Å². The summed E-state index contributed by atoms with van der Waals surface area (Å²) in [4.78, 5) is 1.92. The van der Waals surface area contributed by atoms with Crippen molar-refractivity contribution in [3.8, 4) is 0 Å². The molecule has 12 heteroatoms. The van der Waals surface area contributed by atoms with Crippen molar-refractivity contribution < 1.29 is 13.9 Å². The second-order valence-corrected chi connectivity index (χ2v) is 7.90. The van der Waals surface area contributed by atoms with Gasteiger partial charge < -0.3 is 5.11 Å². The number of aliphatic hydroxyl groups excluding tert-OH is 1. The molecule has 0 spiro atoms. The molecule has 1 atom stereocenters. The molecular weight excluding hydrogens is 396 g/mol. The van der Waals surface area contributed by atoms with Crippen LogP contribution in [0.4, 0.5) is 8.78 Å². The van der Waals surface area contributed by atoms with Crippen LogP contribution in [0.1, 0.15) is 61.1 Å². The van der Waals surface area contributed by atoms with Gasteiger partial charge in [-0.1, -0.05) is 6.07 Å². The quantitative estimate of drug-likeness (QED) is 0.555. The van der Waals surface area contributed by atoms with Gasteiger partial charge in [-0.2, -0.15) is 0 Å². The SMILES string of the molecule is O[C@@H](CN(Cc1nnnn1C1CC1)Cc1nnnn1C1CC1)c1ccc(F)c(F)c1. The van der Waals surface area contributed by atoms with Gasteiger partial charge in [0.2, 0.25) is 0 Å². The summed E-state index contributed by atoms with van der Waals surface area (Å²) in [6, 6.07) is 4.03. The number of hydrogen-bond donors (Lipinski definition) is 1. The van der Waals surface area contributed by atoms with Crippen molar-refractivity contribution in [2.45, 2.75) is 57.0 Å². The van der Waals surface area contributed by atoms with Gasteiger partial charge >= 0.3 is 0 Å².